The first-order valence-electron chi connectivity index (χ1n) is 3.95. The molecule has 1 fully saturated rings. The fourth-order valence-electron chi connectivity index (χ4n) is 1.80. The van der Waals surface area contributed by atoms with Gasteiger partial charge in [-0.1, -0.05) is 6.08 Å². The van der Waals surface area contributed by atoms with E-state index in [-0.39, 0.29) is 0 Å². The van der Waals surface area contributed by atoms with Gasteiger partial charge in [-0.15, -0.1) is 6.58 Å². The van der Waals surface area contributed by atoms with Crippen LogP contribution in [0.15, 0.2) is 12.7 Å². The second-order valence-corrected chi connectivity index (χ2v) is 5.63. The van der Waals surface area contributed by atoms with Crippen LogP contribution in [0.1, 0.15) is 19.3 Å². The summed E-state index contributed by atoms with van der Waals surface area (Å²) in [6.07, 6.45) is 4.32. The lowest BCUT2D eigenvalue weighted by molar-refractivity contribution is 0.102. The summed E-state index contributed by atoms with van der Waals surface area (Å²) in [5.74, 6) is 0. The van der Waals surface area contributed by atoms with Gasteiger partial charge in [0.25, 0.3) is 0 Å². The van der Waals surface area contributed by atoms with Gasteiger partial charge in [0.15, 0.2) is 9.84 Å². The van der Waals surface area contributed by atoms with Crippen molar-refractivity contribution in [3.8, 4) is 0 Å². The van der Waals surface area contributed by atoms with Crippen molar-refractivity contribution in [2.75, 3.05) is 6.26 Å². The predicted molar refractivity (Wildman–Crippen MR) is 47.6 cm³/mol. The molecule has 2 atom stereocenters. The molecule has 0 amide bonds. The van der Waals surface area contributed by atoms with E-state index >= 15 is 0 Å². The standard InChI is InChI=1S/C8H14O3S/c1-3-8(9)6-4-5-7(8)12(2,10)11/h3,7,9H,1,4-6H2,2H3. The SMILES string of the molecule is C=CC1(O)CCCC1S(C)(=O)=O. The summed E-state index contributed by atoms with van der Waals surface area (Å²) in [6, 6.07) is 0. The van der Waals surface area contributed by atoms with E-state index < -0.39 is 20.7 Å². The van der Waals surface area contributed by atoms with Gasteiger partial charge in [0.1, 0.15) is 0 Å². The molecule has 3 nitrogen and oxygen atoms in total. The summed E-state index contributed by atoms with van der Waals surface area (Å²) in [6.45, 7) is 3.46. The van der Waals surface area contributed by atoms with E-state index in [0.29, 0.717) is 12.8 Å². The maximum atomic E-state index is 11.2. The minimum atomic E-state index is -3.14. The summed E-state index contributed by atoms with van der Waals surface area (Å²) in [5, 5.41) is 9.15. The maximum absolute atomic E-state index is 11.2. The first-order valence-corrected chi connectivity index (χ1v) is 5.90. The average molecular weight is 190 g/mol. The molecule has 0 aromatic rings. The van der Waals surface area contributed by atoms with Gasteiger partial charge in [-0.25, -0.2) is 8.42 Å². The van der Waals surface area contributed by atoms with Crippen molar-refractivity contribution < 1.29 is 13.5 Å². The third-order valence-corrected chi connectivity index (χ3v) is 4.15. The van der Waals surface area contributed by atoms with Crippen LogP contribution >= 0.6 is 0 Å². The zero-order chi connectivity index (χ0) is 9.41. The van der Waals surface area contributed by atoms with Gasteiger partial charge in [0, 0.05) is 6.26 Å². The Morgan fingerprint density at radius 1 is 1.67 bits per heavy atom. The summed E-state index contributed by atoms with van der Waals surface area (Å²) in [7, 11) is -3.14. The van der Waals surface area contributed by atoms with Crippen molar-refractivity contribution in [3.05, 3.63) is 12.7 Å². The monoisotopic (exact) mass is 190 g/mol. The number of aliphatic hydroxyl groups is 1. The summed E-state index contributed by atoms with van der Waals surface area (Å²) >= 11 is 0. The van der Waals surface area contributed by atoms with Crippen LogP contribution < -0.4 is 0 Å². The molecule has 0 aromatic carbocycles. The van der Waals surface area contributed by atoms with Crippen LogP contribution in [0, 0.1) is 0 Å². The first-order chi connectivity index (χ1) is 5.40. The molecule has 0 radical (unpaired) electrons. The molecule has 0 aliphatic heterocycles. The molecule has 0 heterocycles. The van der Waals surface area contributed by atoms with E-state index in [0.717, 1.165) is 12.7 Å². The fourth-order valence-corrected chi connectivity index (χ4v) is 3.35. The lowest BCUT2D eigenvalue weighted by atomic mass is 10.0. The van der Waals surface area contributed by atoms with Gasteiger partial charge in [0.05, 0.1) is 10.9 Å². The first kappa shape index (κ1) is 9.74. The Balaban J connectivity index is 3.00. The van der Waals surface area contributed by atoms with Crippen LogP contribution in [0.2, 0.25) is 0 Å². The Bertz CT molecular complexity index is 281. The van der Waals surface area contributed by atoms with Crippen LogP contribution in [0.4, 0.5) is 0 Å². The zero-order valence-electron chi connectivity index (χ0n) is 7.16. The number of sulfone groups is 1. The molecule has 0 aromatic heterocycles. The highest BCUT2D eigenvalue weighted by atomic mass is 32.2. The summed E-state index contributed by atoms with van der Waals surface area (Å²) < 4.78 is 22.4. The molecular weight excluding hydrogens is 176 g/mol. The Hall–Kier alpha value is -0.350. The molecule has 4 heteroatoms. The highest BCUT2D eigenvalue weighted by Crippen LogP contribution is 2.35. The van der Waals surface area contributed by atoms with E-state index in [2.05, 4.69) is 6.58 Å². The minimum absolute atomic E-state index is 0.508. The van der Waals surface area contributed by atoms with E-state index in [1.165, 1.54) is 6.08 Å². The molecule has 2 unspecified atom stereocenters. The van der Waals surface area contributed by atoms with Gasteiger partial charge in [-0.2, -0.15) is 0 Å². The number of hydrogen-bond acceptors (Lipinski definition) is 3. The summed E-state index contributed by atoms with van der Waals surface area (Å²) in [4.78, 5) is 0. The average Bonchev–Trinajstić information content (AvgIpc) is 2.31. The van der Waals surface area contributed by atoms with Crippen molar-refractivity contribution >= 4 is 9.84 Å². The topological polar surface area (TPSA) is 54.4 Å². The molecule has 0 saturated heterocycles. The molecule has 1 saturated carbocycles. The van der Waals surface area contributed by atoms with E-state index in [1.54, 1.807) is 0 Å². The summed E-state index contributed by atoms with van der Waals surface area (Å²) in [5.41, 5.74) is -1.19. The molecule has 1 N–H and O–H groups in total. The Morgan fingerprint density at radius 3 is 2.58 bits per heavy atom. The molecular formula is C8H14O3S. The smallest absolute Gasteiger partial charge is 0.153 e. The van der Waals surface area contributed by atoms with E-state index in [9.17, 15) is 13.5 Å². The molecule has 0 bridgehead atoms. The van der Waals surface area contributed by atoms with Gasteiger partial charge in [-0.3, -0.25) is 0 Å². The van der Waals surface area contributed by atoms with Crippen molar-refractivity contribution in [2.45, 2.75) is 30.1 Å². The van der Waals surface area contributed by atoms with Crippen molar-refractivity contribution in [1.82, 2.24) is 0 Å². The van der Waals surface area contributed by atoms with Crippen LogP contribution in [-0.2, 0) is 9.84 Å². The molecule has 0 spiro atoms. The highest BCUT2D eigenvalue weighted by Gasteiger charge is 2.44. The normalized spacial score (nSPS) is 36.7. The van der Waals surface area contributed by atoms with Crippen LogP contribution in [-0.4, -0.2) is 30.6 Å². The third-order valence-electron chi connectivity index (χ3n) is 2.47. The largest absolute Gasteiger partial charge is 0.384 e. The number of hydrogen-bond donors (Lipinski definition) is 1. The minimum Gasteiger partial charge on any atom is -0.384 e. The zero-order valence-corrected chi connectivity index (χ0v) is 7.97. The Labute approximate surface area is 73.0 Å². The van der Waals surface area contributed by atoms with Gasteiger partial charge in [-0.05, 0) is 19.3 Å². The molecule has 1 aliphatic rings. The second-order valence-electron chi connectivity index (χ2n) is 3.41. The molecule has 70 valence electrons. The molecule has 1 aliphatic carbocycles. The van der Waals surface area contributed by atoms with Gasteiger partial charge in [0.2, 0.25) is 0 Å². The second kappa shape index (κ2) is 2.85. The Kier molecular flexibility index (Phi) is 2.31. The van der Waals surface area contributed by atoms with Crippen LogP contribution in [0.25, 0.3) is 0 Å². The quantitative estimate of drug-likeness (QED) is 0.645. The molecule has 1 rings (SSSR count). The van der Waals surface area contributed by atoms with Crippen molar-refractivity contribution in [1.29, 1.82) is 0 Å². The lowest BCUT2D eigenvalue weighted by Gasteiger charge is -2.24. The van der Waals surface area contributed by atoms with E-state index in [1.807, 2.05) is 0 Å². The van der Waals surface area contributed by atoms with E-state index in [4.69, 9.17) is 0 Å². The predicted octanol–water partition coefficient (Wildman–Crippen LogP) is 0.501. The van der Waals surface area contributed by atoms with Crippen LogP contribution in [0.3, 0.4) is 0 Å². The number of rotatable bonds is 2. The van der Waals surface area contributed by atoms with Gasteiger partial charge >= 0.3 is 0 Å². The Morgan fingerprint density at radius 2 is 2.25 bits per heavy atom. The van der Waals surface area contributed by atoms with Crippen LogP contribution in [0.5, 0.6) is 0 Å². The highest BCUT2D eigenvalue weighted by molar-refractivity contribution is 7.91. The maximum Gasteiger partial charge on any atom is 0.153 e. The fraction of sp³-hybridized carbons (Fsp3) is 0.750. The lowest BCUT2D eigenvalue weighted by Crippen LogP contribution is -2.40. The third kappa shape index (κ3) is 1.54. The van der Waals surface area contributed by atoms with Crippen molar-refractivity contribution in [2.24, 2.45) is 0 Å². The van der Waals surface area contributed by atoms with Crippen molar-refractivity contribution in [3.63, 3.8) is 0 Å². The van der Waals surface area contributed by atoms with Gasteiger partial charge < -0.3 is 5.11 Å². The molecule has 12 heavy (non-hydrogen) atoms.